The van der Waals surface area contributed by atoms with Crippen LogP contribution < -0.4 is 0 Å². The zero-order valence-electron chi connectivity index (χ0n) is 10.7. The quantitative estimate of drug-likeness (QED) is 0.926. The maximum Gasteiger partial charge on any atom is 0.304 e. The third-order valence-corrected chi connectivity index (χ3v) is 3.82. The molecule has 0 spiro atoms. The van der Waals surface area contributed by atoms with Crippen molar-refractivity contribution in [1.82, 2.24) is 4.90 Å². The predicted molar refractivity (Wildman–Crippen MR) is 79.4 cm³/mol. The summed E-state index contributed by atoms with van der Waals surface area (Å²) in [4.78, 5) is 12.8. The molecule has 0 unspecified atom stereocenters. The minimum Gasteiger partial charge on any atom is -0.481 e. The van der Waals surface area contributed by atoms with Crippen LogP contribution in [-0.4, -0.2) is 35.6 Å². The molecule has 0 aliphatic carbocycles. The highest BCUT2D eigenvalue weighted by molar-refractivity contribution is 6.30. The van der Waals surface area contributed by atoms with E-state index in [1.54, 1.807) is 0 Å². The summed E-state index contributed by atoms with van der Waals surface area (Å²) in [5, 5.41) is 9.44. The van der Waals surface area contributed by atoms with E-state index in [0.717, 1.165) is 31.0 Å². The monoisotopic (exact) mass is 303 g/mol. The molecule has 1 aliphatic rings. The van der Waals surface area contributed by atoms with Crippen molar-refractivity contribution >= 4 is 30.0 Å². The molecule has 3 nitrogen and oxygen atoms in total. The Labute approximate surface area is 125 Å². The lowest BCUT2D eigenvalue weighted by atomic mass is 9.89. The Morgan fingerprint density at radius 2 is 1.84 bits per heavy atom. The van der Waals surface area contributed by atoms with Crippen LogP contribution in [-0.2, 0) is 4.79 Å². The number of carboxylic acids is 1. The average molecular weight is 304 g/mol. The van der Waals surface area contributed by atoms with Crippen LogP contribution in [0, 0.1) is 0 Å². The minimum absolute atomic E-state index is 0. The van der Waals surface area contributed by atoms with E-state index in [2.05, 4.69) is 17.0 Å². The van der Waals surface area contributed by atoms with Gasteiger partial charge in [-0.15, -0.1) is 12.4 Å². The summed E-state index contributed by atoms with van der Waals surface area (Å²) in [5.74, 6) is -0.127. The molecule has 19 heavy (non-hydrogen) atoms. The first-order chi connectivity index (χ1) is 8.65. The lowest BCUT2D eigenvalue weighted by molar-refractivity contribution is -0.137. The summed E-state index contributed by atoms with van der Waals surface area (Å²) in [6.07, 6.45) is 2.44. The molecule has 0 atom stereocenters. The lowest BCUT2D eigenvalue weighted by Crippen LogP contribution is -2.34. The largest absolute Gasteiger partial charge is 0.481 e. The number of carbonyl (C=O) groups is 1. The molecule has 1 saturated heterocycles. The first kappa shape index (κ1) is 16.3. The van der Waals surface area contributed by atoms with Crippen LogP contribution in [0.1, 0.15) is 30.7 Å². The van der Waals surface area contributed by atoms with Gasteiger partial charge in [0.2, 0.25) is 0 Å². The van der Waals surface area contributed by atoms with Gasteiger partial charge in [0.15, 0.2) is 0 Å². The molecule has 0 aromatic heterocycles. The first-order valence-electron chi connectivity index (χ1n) is 6.35. The second-order valence-corrected chi connectivity index (χ2v) is 5.25. The lowest BCUT2D eigenvalue weighted by Gasteiger charge is -2.31. The van der Waals surface area contributed by atoms with Crippen molar-refractivity contribution in [2.24, 2.45) is 0 Å². The number of halogens is 2. The van der Waals surface area contributed by atoms with Crippen molar-refractivity contribution in [3.05, 3.63) is 34.9 Å². The number of hydrogen-bond donors (Lipinski definition) is 1. The summed E-state index contributed by atoms with van der Waals surface area (Å²) in [6.45, 7) is 2.64. The van der Waals surface area contributed by atoms with Gasteiger partial charge in [-0.05, 0) is 49.5 Å². The van der Waals surface area contributed by atoms with Crippen LogP contribution in [0.15, 0.2) is 24.3 Å². The number of likely N-dealkylation sites (tertiary alicyclic amines) is 1. The molecule has 0 bridgehead atoms. The third kappa shape index (κ3) is 5.01. The van der Waals surface area contributed by atoms with Crippen LogP contribution >= 0.6 is 24.0 Å². The van der Waals surface area contributed by atoms with Crippen LogP contribution in [0.25, 0.3) is 0 Å². The highest BCUT2D eigenvalue weighted by atomic mass is 35.5. The van der Waals surface area contributed by atoms with Gasteiger partial charge in [0.25, 0.3) is 0 Å². The van der Waals surface area contributed by atoms with Gasteiger partial charge in [0.1, 0.15) is 0 Å². The number of piperidine rings is 1. The van der Waals surface area contributed by atoms with E-state index in [1.807, 2.05) is 12.1 Å². The molecule has 5 heteroatoms. The van der Waals surface area contributed by atoms with Gasteiger partial charge >= 0.3 is 5.97 Å². The summed E-state index contributed by atoms with van der Waals surface area (Å²) < 4.78 is 0. The summed E-state index contributed by atoms with van der Waals surface area (Å²) >= 11 is 5.88. The Hall–Kier alpha value is -0.770. The Morgan fingerprint density at radius 3 is 2.37 bits per heavy atom. The summed E-state index contributed by atoms with van der Waals surface area (Å²) in [6, 6.07) is 8.07. The number of hydrogen-bond acceptors (Lipinski definition) is 2. The smallest absolute Gasteiger partial charge is 0.304 e. The molecular weight excluding hydrogens is 285 g/mol. The minimum atomic E-state index is -0.713. The average Bonchev–Trinajstić information content (AvgIpc) is 2.38. The first-order valence-corrected chi connectivity index (χ1v) is 6.72. The molecule has 1 fully saturated rings. The van der Waals surface area contributed by atoms with Gasteiger partial charge in [-0.1, -0.05) is 23.7 Å². The standard InChI is InChI=1S/C14H18ClNO2.ClH/c15-13-3-1-11(2-4-13)12-5-8-16(9-6-12)10-7-14(17)18;/h1-4,12H,5-10H2,(H,17,18);1H. The summed E-state index contributed by atoms with van der Waals surface area (Å²) in [7, 11) is 0. The SMILES string of the molecule is Cl.O=C(O)CCN1CCC(c2ccc(Cl)cc2)CC1. The topological polar surface area (TPSA) is 40.5 Å². The van der Waals surface area contributed by atoms with E-state index in [-0.39, 0.29) is 18.8 Å². The van der Waals surface area contributed by atoms with Crippen molar-refractivity contribution in [1.29, 1.82) is 0 Å². The molecular formula is C14H19Cl2NO2. The second-order valence-electron chi connectivity index (χ2n) is 4.81. The molecule has 1 aromatic rings. The Morgan fingerprint density at radius 1 is 1.26 bits per heavy atom. The number of benzene rings is 1. The van der Waals surface area contributed by atoms with Gasteiger partial charge in [-0.3, -0.25) is 4.79 Å². The molecule has 0 amide bonds. The predicted octanol–water partition coefficient (Wildman–Crippen LogP) is 3.42. The molecule has 1 heterocycles. The molecule has 1 aromatic carbocycles. The zero-order chi connectivity index (χ0) is 13.0. The highest BCUT2D eigenvalue weighted by Crippen LogP contribution is 2.28. The molecule has 106 valence electrons. The van der Waals surface area contributed by atoms with Gasteiger partial charge in [0, 0.05) is 11.6 Å². The normalized spacial score (nSPS) is 16.9. The van der Waals surface area contributed by atoms with Gasteiger partial charge in [0.05, 0.1) is 6.42 Å². The van der Waals surface area contributed by atoms with Crippen LogP contribution in [0.3, 0.4) is 0 Å². The van der Waals surface area contributed by atoms with Crippen molar-refractivity contribution in [2.75, 3.05) is 19.6 Å². The van der Waals surface area contributed by atoms with Gasteiger partial charge in [-0.2, -0.15) is 0 Å². The van der Waals surface area contributed by atoms with Gasteiger partial charge < -0.3 is 10.0 Å². The molecule has 1 N–H and O–H groups in total. The van der Waals surface area contributed by atoms with Crippen LogP contribution in [0.4, 0.5) is 0 Å². The third-order valence-electron chi connectivity index (χ3n) is 3.57. The van der Waals surface area contributed by atoms with E-state index in [9.17, 15) is 4.79 Å². The number of nitrogens with zero attached hydrogens (tertiary/aromatic N) is 1. The van der Waals surface area contributed by atoms with E-state index in [0.29, 0.717) is 12.5 Å². The van der Waals surface area contributed by atoms with E-state index >= 15 is 0 Å². The maximum atomic E-state index is 10.5. The van der Waals surface area contributed by atoms with Crippen LogP contribution in [0.5, 0.6) is 0 Å². The fraction of sp³-hybridized carbons (Fsp3) is 0.500. The molecule has 2 rings (SSSR count). The second kappa shape index (κ2) is 7.73. The summed E-state index contributed by atoms with van der Waals surface area (Å²) in [5.41, 5.74) is 1.34. The number of aliphatic carboxylic acids is 1. The van der Waals surface area contributed by atoms with E-state index < -0.39 is 5.97 Å². The Balaban J connectivity index is 0.00000180. The maximum absolute atomic E-state index is 10.5. The van der Waals surface area contributed by atoms with Crippen molar-refractivity contribution in [3.63, 3.8) is 0 Å². The Bertz CT molecular complexity index is 400. The fourth-order valence-corrected chi connectivity index (χ4v) is 2.60. The molecule has 1 aliphatic heterocycles. The van der Waals surface area contributed by atoms with Crippen molar-refractivity contribution in [3.8, 4) is 0 Å². The Kier molecular flexibility index (Phi) is 6.63. The van der Waals surface area contributed by atoms with Crippen molar-refractivity contribution in [2.45, 2.75) is 25.2 Å². The number of carboxylic acid groups (broad SMARTS) is 1. The molecule has 0 radical (unpaired) electrons. The zero-order valence-corrected chi connectivity index (χ0v) is 12.3. The molecule has 0 saturated carbocycles. The van der Waals surface area contributed by atoms with E-state index in [4.69, 9.17) is 16.7 Å². The van der Waals surface area contributed by atoms with E-state index in [1.165, 1.54) is 5.56 Å². The fourth-order valence-electron chi connectivity index (χ4n) is 2.48. The number of rotatable bonds is 4. The highest BCUT2D eigenvalue weighted by Gasteiger charge is 2.20. The van der Waals surface area contributed by atoms with Crippen LogP contribution in [0.2, 0.25) is 5.02 Å². The van der Waals surface area contributed by atoms with Crippen molar-refractivity contribution < 1.29 is 9.90 Å². The van der Waals surface area contributed by atoms with Gasteiger partial charge in [-0.25, -0.2) is 0 Å².